The number of hydrogen-bond donors (Lipinski definition) is 1. The first-order valence-corrected chi connectivity index (χ1v) is 9.48. The van der Waals surface area contributed by atoms with E-state index in [0.29, 0.717) is 17.8 Å². The maximum atomic E-state index is 12.7. The van der Waals surface area contributed by atoms with Gasteiger partial charge in [-0.15, -0.1) is 0 Å². The molecule has 5 heteroatoms. The van der Waals surface area contributed by atoms with Gasteiger partial charge in [-0.25, -0.2) is 0 Å². The number of carbonyl (C=O) groups is 3. The predicted octanol–water partition coefficient (Wildman–Crippen LogP) is 4.18. The van der Waals surface area contributed by atoms with Crippen LogP contribution in [0.4, 0.5) is 11.4 Å². The zero-order valence-electron chi connectivity index (χ0n) is 16.8. The fourth-order valence-corrected chi connectivity index (χ4v) is 3.52. The summed E-state index contributed by atoms with van der Waals surface area (Å²) in [5.74, 6) is -0.738. The van der Waals surface area contributed by atoms with Gasteiger partial charge in [-0.1, -0.05) is 51.1 Å². The summed E-state index contributed by atoms with van der Waals surface area (Å²) in [5.41, 5.74) is 2.96. The van der Waals surface area contributed by atoms with E-state index in [4.69, 9.17) is 0 Å². The Kier molecular flexibility index (Phi) is 5.36. The van der Waals surface area contributed by atoms with Gasteiger partial charge in [0.15, 0.2) is 5.78 Å². The number of anilines is 2. The van der Waals surface area contributed by atoms with Crippen LogP contribution in [0.15, 0.2) is 48.5 Å². The third kappa shape index (κ3) is 4.14. The van der Waals surface area contributed by atoms with Gasteiger partial charge in [0, 0.05) is 29.9 Å². The van der Waals surface area contributed by atoms with Crippen LogP contribution in [0.5, 0.6) is 0 Å². The van der Waals surface area contributed by atoms with Crippen molar-refractivity contribution in [3.05, 3.63) is 59.7 Å². The lowest BCUT2D eigenvalue weighted by molar-refractivity contribution is -0.122. The molecular formula is C23H26N2O3. The molecule has 1 aliphatic heterocycles. The number of hydrogen-bond acceptors (Lipinski definition) is 3. The second-order valence-electron chi connectivity index (χ2n) is 8.30. The van der Waals surface area contributed by atoms with Crippen LogP contribution in [0, 0.1) is 5.92 Å². The van der Waals surface area contributed by atoms with E-state index in [-0.39, 0.29) is 29.4 Å². The Labute approximate surface area is 165 Å². The predicted molar refractivity (Wildman–Crippen MR) is 111 cm³/mol. The quantitative estimate of drug-likeness (QED) is 0.812. The molecule has 0 radical (unpaired) electrons. The molecule has 0 bridgehead atoms. The lowest BCUT2D eigenvalue weighted by atomic mass is 9.85. The van der Waals surface area contributed by atoms with Crippen molar-refractivity contribution in [2.45, 2.75) is 39.5 Å². The van der Waals surface area contributed by atoms with Crippen molar-refractivity contribution < 1.29 is 14.4 Å². The zero-order chi connectivity index (χ0) is 20.5. The average Bonchev–Trinajstić information content (AvgIpc) is 3.03. The summed E-state index contributed by atoms with van der Waals surface area (Å²) in [6.45, 7) is 8.17. The van der Waals surface area contributed by atoms with Crippen LogP contribution in [0.25, 0.3) is 0 Å². The summed E-state index contributed by atoms with van der Waals surface area (Å²) < 4.78 is 0. The minimum atomic E-state index is -0.429. The van der Waals surface area contributed by atoms with E-state index in [1.54, 1.807) is 29.2 Å². The molecule has 146 valence electrons. The monoisotopic (exact) mass is 378 g/mol. The van der Waals surface area contributed by atoms with Crippen LogP contribution in [0.2, 0.25) is 0 Å². The number of Topliss-reactive ketones (excluding diaryl/α,β-unsaturated/α-hetero) is 1. The van der Waals surface area contributed by atoms with Crippen LogP contribution in [0.1, 0.15) is 50.0 Å². The molecule has 28 heavy (non-hydrogen) atoms. The van der Waals surface area contributed by atoms with Crippen LogP contribution in [0.3, 0.4) is 0 Å². The molecule has 0 aliphatic carbocycles. The van der Waals surface area contributed by atoms with Crippen LogP contribution < -0.4 is 10.2 Å². The Morgan fingerprint density at radius 1 is 1.07 bits per heavy atom. The molecule has 0 spiro atoms. The highest BCUT2D eigenvalue weighted by Crippen LogP contribution is 2.35. The topological polar surface area (TPSA) is 66.5 Å². The smallest absolute Gasteiger partial charge is 0.229 e. The number of nitrogens with one attached hydrogen (secondary N) is 1. The van der Waals surface area contributed by atoms with Gasteiger partial charge < -0.3 is 10.2 Å². The van der Waals surface area contributed by atoms with E-state index in [1.165, 1.54) is 6.92 Å². The Balaban J connectivity index is 1.77. The number of carbonyl (C=O) groups excluding carboxylic acids is 3. The largest absolute Gasteiger partial charge is 0.326 e. The highest BCUT2D eigenvalue weighted by molar-refractivity contribution is 6.04. The van der Waals surface area contributed by atoms with Crippen molar-refractivity contribution in [2.75, 3.05) is 16.8 Å². The van der Waals surface area contributed by atoms with Crippen LogP contribution in [-0.2, 0) is 15.0 Å². The molecule has 2 aromatic rings. The Hall–Kier alpha value is -2.95. The Morgan fingerprint density at radius 2 is 1.79 bits per heavy atom. The second kappa shape index (κ2) is 7.58. The minimum absolute atomic E-state index is 0.0469. The Bertz CT molecular complexity index is 927. The van der Waals surface area contributed by atoms with E-state index < -0.39 is 5.92 Å². The van der Waals surface area contributed by atoms with Crippen LogP contribution in [-0.4, -0.2) is 24.1 Å². The fourth-order valence-electron chi connectivity index (χ4n) is 3.52. The molecule has 0 aromatic heterocycles. The standard InChI is InChI=1S/C23H26N2O3/c1-15(26)16-8-7-9-18(12-16)24-22(28)17-13-21(27)25(14-17)20-11-6-5-10-19(20)23(2,3)4/h5-12,17H,13-14H2,1-4H3,(H,24,28). The summed E-state index contributed by atoms with van der Waals surface area (Å²) in [5, 5.41) is 2.85. The third-order valence-corrected chi connectivity index (χ3v) is 5.04. The van der Waals surface area contributed by atoms with Crippen molar-refractivity contribution >= 4 is 29.0 Å². The molecule has 1 aliphatic rings. The fraction of sp³-hybridized carbons (Fsp3) is 0.348. The first kappa shape index (κ1) is 19.8. The maximum Gasteiger partial charge on any atom is 0.229 e. The molecule has 1 saturated heterocycles. The van der Waals surface area contributed by atoms with E-state index in [9.17, 15) is 14.4 Å². The number of rotatable bonds is 4. The lowest BCUT2D eigenvalue weighted by Gasteiger charge is -2.27. The van der Waals surface area contributed by atoms with Gasteiger partial charge in [-0.05, 0) is 36.1 Å². The van der Waals surface area contributed by atoms with E-state index in [0.717, 1.165) is 11.3 Å². The van der Waals surface area contributed by atoms with Crippen molar-refractivity contribution in [1.82, 2.24) is 0 Å². The van der Waals surface area contributed by atoms with Gasteiger partial charge in [0.2, 0.25) is 11.8 Å². The summed E-state index contributed by atoms with van der Waals surface area (Å²) in [6.07, 6.45) is 0.177. The number of amides is 2. The van der Waals surface area contributed by atoms with E-state index in [1.807, 2.05) is 24.3 Å². The molecule has 1 atom stereocenters. The molecule has 5 nitrogen and oxygen atoms in total. The van der Waals surface area contributed by atoms with Crippen molar-refractivity contribution in [3.8, 4) is 0 Å². The third-order valence-electron chi connectivity index (χ3n) is 5.04. The minimum Gasteiger partial charge on any atom is -0.326 e. The van der Waals surface area contributed by atoms with Gasteiger partial charge in [0.25, 0.3) is 0 Å². The first-order valence-electron chi connectivity index (χ1n) is 9.48. The molecule has 3 rings (SSSR count). The van der Waals surface area contributed by atoms with Crippen LogP contribution >= 0.6 is 0 Å². The SMILES string of the molecule is CC(=O)c1cccc(NC(=O)C2CC(=O)N(c3ccccc3C(C)(C)C)C2)c1. The number of para-hydroxylation sites is 1. The lowest BCUT2D eigenvalue weighted by Crippen LogP contribution is -2.30. The molecule has 2 amide bonds. The van der Waals surface area contributed by atoms with Gasteiger partial charge in [0.05, 0.1) is 5.92 Å². The summed E-state index contributed by atoms with van der Waals surface area (Å²) in [6, 6.07) is 14.7. The van der Waals surface area contributed by atoms with Crippen molar-refractivity contribution in [3.63, 3.8) is 0 Å². The normalized spacial score (nSPS) is 16.9. The molecule has 1 fully saturated rings. The summed E-state index contributed by atoms with van der Waals surface area (Å²) in [7, 11) is 0. The summed E-state index contributed by atoms with van der Waals surface area (Å²) >= 11 is 0. The highest BCUT2D eigenvalue weighted by Gasteiger charge is 2.37. The number of ketones is 1. The van der Waals surface area contributed by atoms with E-state index >= 15 is 0 Å². The number of benzene rings is 2. The van der Waals surface area contributed by atoms with Gasteiger partial charge in [0.1, 0.15) is 0 Å². The average molecular weight is 378 g/mol. The highest BCUT2D eigenvalue weighted by atomic mass is 16.2. The van der Waals surface area contributed by atoms with Crippen molar-refractivity contribution in [1.29, 1.82) is 0 Å². The molecule has 1 N–H and O–H groups in total. The summed E-state index contributed by atoms with van der Waals surface area (Å²) in [4.78, 5) is 38.6. The molecule has 0 saturated carbocycles. The molecule has 1 unspecified atom stereocenters. The van der Waals surface area contributed by atoms with Gasteiger partial charge in [-0.2, -0.15) is 0 Å². The second-order valence-corrected chi connectivity index (χ2v) is 8.30. The Morgan fingerprint density at radius 3 is 2.46 bits per heavy atom. The molecule has 1 heterocycles. The number of nitrogens with zero attached hydrogens (tertiary/aromatic N) is 1. The molecule has 2 aromatic carbocycles. The van der Waals surface area contributed by atoms with E-state index in [2.05, 4.69) is 26.1 Å². The van der Waals surface area contributed by atoms with Gasteiger partial charge >= 0.3 is 0 Å². The zero-order valence-corrected chi connectivity index (χ0v) is 16.8. The molecular weight excluding hydrogens is 352 g/mol. The van der Waals surface area contributed by atoms with Gasteiger partial charge in [-0.3, -0.25) is 14.4 Å². The first-order chi connectivity index (χ1) is 13.2. The van der Waals surface area contributed by atoms with Crippen molar-refractivity contribution in [2.24, 2.45) is 5.92 Å². The maximum absolute atomic E-state index is 12.7.